The second kappa shape index (κ2) is 9.73. The molecule has 7 heteroatoms. The lowest BCUT2D eigenvalue weighted by atomic mass is 9.94. The molecule has 1 atom stereocenters. The van der Waals surface area contributed by atoms with Gasteiger partial charge in [0.15, 0.2) is 0 Å². The van der Waals surface area contributed by atoms with Crippen LogP contribution in [0.15, 0.2) is 73.3 Å². The van der Waals surface area contributed by atoms with Gasteiger partial charge in [-0.15, -0.1) is 0 Å². The lowest BCUT2D eigenvalue weighted by Crippen LogP contribution is -2.41. The van der Waals surface area contributed by atoms with Gasteiger partial charge in [-0.1, -0.05) is 41.9 Å². The Hall–Kier alpha value is -3.22. The van der Waals surface area contributed by atoms with E-state index in [0.29, 0.717) is 10.7 Å². The first kappa shape index (κ1) is 21.6. The largest absolute Gasteiger partial charge is 0.361 e. The van der Waals surface area contributed by atoms with E-state index in [9.17, 15) is 4.79 Å². The van der Waals surface area contributed by atoms with E-state index in [1.165, 1.54) is 16.5 Å². The average molecular weight is 460 g/mol. The van der Waals surface area contributed by atoms with Crippen LogP contribution in [0.5, 0.6) is 0 Å². The highest BCUT2D eigenvalue weighted by atomic mass is 35.5. The van der Waals surface area contributed by atoms with Gasteiger partial charge in [0, 0.05) is 47.0 Å². The molecule has 1 fully saturated rings. The van der Waals surface area contributed by atoms with Crippen LogP contribution in [0.1, 0.15) is 35.7 Å². The summed E-state index contributed by atoms with van der Waals surface area (Å²) >= 11 is 6.06. The Kier molecular flexibility index (Phi) is 6.37. The maximum atomic E-state index is 13.2. The molecule has 0 spiro atoms. The highest BCUT2D eigenvalue weighted by Crippen LogP contribution is 2.26. The Bertz CT molecular complexity index is 1220. The van der Waals surface area contributed by atoms with Gasteiger partial charge in [-0.05, 0) is 55.3 Å². The molecule has 2 aromatic heterocycles. The van der Waals surface area contributed by atoms with E-state index >= 15 is 0 Å². The normalized spacial score (nSPS) is 16.0. The van der Waals surface area contributed by atoms with Gasteiger partial charge in [0.2, 0.25) is 5.91 Å². The Morgan fingerprint density at radius 1 is 1.12 bits per heavy atom. The number of carbonyl (C=O) groups is 1. The second-order valence-electron chi connectivity index (χ2n) is 8.53. The number of aromatic amines is 1. The van der Waals surface area contributed by atoms with E-state index in [1.807, 2.05) is 30.3 Å². The third-order valence-corrected chi connectivity index (χ3v) is 6.65. The minimum atomic E-state index is -0.354. The molecule has 5 rings (SSSR count). The molecule has 1 saturated heterocycles. The van der Waals surface area contributed by atoms with Gasteiger partial charge in [0.25, 0.3) is 0 Å². The quantitative estimate of drug-likeness (QED) is 0.437. The van der Waals surface area contributed by atoms with Gasteiger partial charge in [0.1, 0.15) is 0 Å². The highest BCUT2D eigenvalue weighted by molar-refractivity contribution is 6.30. The summed E-state index contributed by atoms with van der Waals surface area (Å²) in [5.74, 6) is 0.0445. The number of hydrogen-bond donors (Lipinski definition) is 2. The zero-order valence-corrected chi connectivity index (χ0v) is 19.0. The molecular formula is C26H26ClN5O. The number of hydrogen-bond acceptors (Lipinski definition) is 4. The summed E-state index contributed by atoms with van der Waals surface area (Å²) < 4.78 is 0. The van der Waals surface area contributed by atoms with Crippen LogP contribution in [0, 0.1) is 5.92 Å². The summed E-state index contributed by atoms with van der Waals surface area (Å²) in [6.07, 6.45) is 8.75. The fourth-order valence-corrected chi connectivity index (χ4v) is 4.69. The summed E-state index contributed by atoms with van der Waals surface area (Å²) in [7, 11) is 0. The first-order valence-corrected chi connectivity index (χ1v) is 11.6. The van der Waals surface area contributed by atoms with Gasteiger partial charge >= 0.3 is 0 Å². The number of halogens is 1. The van der Waals surface area contributed by atoms with Crippen LogP contribution in [-0.2, 0) is 11.3 Å². The number of H-pyrrole nitrogens is 1. The minimum Gasteiger partial charge on any atom is -0.361 e. The number of amides is 1. The van der Waals surface area contributed by atoms with E-state index in [1.54, 1.807) is 18.6 Å². The molecule has 4 aromatic rings. The lowest BCUT2D eigenvalue weighted by molar-refractivity contribution is -0.127. The van der Waals surface area contributed by atoms with Gasteiger partial charge in [0.05, 0.1) is 17.9 Å². The monoisotopic (exact) mass is 459 g/mol. The first-order valence-electron chi connectivity index (χ1n) is 11.3. The highest BCUT2D eigenvalue weighted by Gasteiger charge is 2.28. The van der Waals surface area contributed by atoms with Crippen LogP contribution < -0.4 is 5.32 Å². The Morgan fingerprint density at radius 3 is 2.67 bits per heavy atom. The molecule has 0 radical (unpaired) electrons. The molecule has 2 N–H and O–H groups in total. The number of carbonyl (C=O) groups excluding carboxylic acids is 1. The van der Waals surface area contributed by atoms with E-state index in [0.717, 1.165) is 38.0 Å². The van der Waals surface area contributed by atoms with Crippen molar-refractivity contribution in [1.29, 1.82) is 0 Å². The van der Waals surface area contributed by atoms with E-state index in [2.05, 4.69) is 49.6 Å². The third-order valence-electron chi connectivity index (χ3n) is 6.40. The molecule has 6 nitrogen and oxygen atoms in total. The molecule has 1 aliphatic rings. The predicted octanol–water partition coefficient (Wildman–Crippen LogP) is 4.73. The average Bonchev–Trinajstić information content (AvgIpc) is 3.27. The van der Waals surface area contributed by atoms with Crippen molar-refractivity contribution in [3.8, 4) is 0 Å². The van der Waals surface area contributed by atoms with Gasteiger partial charge < -0.3 is 10.3 Å². The molecule has 168 valence electrons. The molecule has 1 unspecified atom stereocenters. The fourth-order valence-electron chi connectivity index (χ4n) is 4.56. The zero-order chi connectivity index (χ0) is 22.6. The van der Waals surface area contributed by atoms with Crippen LogP contribution >= 0.6 is 11.6 Å². The van der Waals surface area contributed by atoms with Crippen molar-refractivity contribution >= 4 is 28.4 Å². The second-order valence-corrected chi connectivity index (χ2v) is 8.97. The molecule has 2 aromatic carbocycles. The van der Waals surface area contributed by atoms with Crippen molar-refractivity contribution in [3.05, 3.63) is 95.2 Å². The van der Waals surface area contributed by atoms with E-state index in [4.69, 9.17) is 11.6 Å². The maximum absolute atomic E-state index is 13.2. The number of nitrogens with one attached hydrogen (secondary N) is 2. The number of rotatable bonds is 6. The molecule has 0 bridgehead atoms. The maximum Gasteiger partial charge on any atom is 0.224 e. The molecule has 0 aliphatic carbocycles. The van der Waals surface area contributed by atoms with E-state index < -0.39 is 0 Å². The SMILES string of the molecule is O=C(NC(c1ccc(Cl)cc1)c1cnccn1)C1CCN(Cc2c[nH]c3ccccc23)CC1. The molecule has 33 heavy (non-hydrogen) atoms. The molecule has 3 heterocycles. The molecule has 1 amide bonds. The number of piperidine rings is 1. The van der Waals surface area contributed by atoms with Gasteiger partial charge in [-0.25, -0.2) is 0 Å². The van der Waals surface area contributed by atoms with Crippen LogP contribution in [0.25, 0.3) is 10.9 Å². The van der Waals surface area contributed by atoms with Crippen LogP contribution in [0.3, 0.4) is 0 Å². The van der Waals surface area contributed by atoms with E-state index in [-0.39, 0.29) is 17.9 Å². The van der Waals surface area contributed by atoms with Crippen molar-refractivity contribution in [1.82, 2.24) is 25.2 Å². The van der Waals surface area contributed by atoms with Crippen molar-refractivity contribution in [2.75, 3.05) is 13.1 Å². The van der Waals surface area contributed by atoms with Crippen LogP contribution in [-0.4, -0.2) is 38.8 Å². The van der Waals surface area contributed by atoms with Crippen LogP contribution in [0.2, 0.25) is 5.02 Å². The summed E-state index contributed by atoms with van der Waals surface area (Å²) in [5, 5.41) is 5.14. The number of nitrogens with zero attached hydrogens (tertiary/aromatic N) is 3. The first-order chi connectivity index (χ1) is 16.2. The summed E-state index contributed by atoms with van der Waals surface area (Å²) in [6.45, 7) is 2.69. The molecular weight excluding hydrogens is 434 g/mol. The van der Waals surface area contributed by atoms with Gasteiger partial charge in [-0.2, -0.15) is 0 Å². The zero-order valence-electron chi connectivity index (χ0n) is 18.2. The van der Waals surface area contributed by atoms with Gasteiger partial charge in [-0.3, -0.25) is 19.7 Å². The van der Waals surface area contributed by atoms with Crippen molar-refractivity contribution in [2.45, 2.75) is 25.4 Å². The summed E-state index contributed by atoms with van der Waals surface area (Å²) in [5.41, 5.74) is 4.12. The fraction of sp³-hybridized carbons (Fsp3) is 0.269. The number of fused-ring (bicyclic) bond motifs is 1. The number of aromatic nitrogens is 3. The van der Waals surface area contributed by atoms with Crippen molar-refractivity contribution < 1.29 is 4.79 Å². The summed E-state index contributed by atoms with van der Waals surface area (Å²) in [4.78, 5) is 27.6. The minimum absolute atomic E-state index is 0.0179. The lowest BCUT2D eigenvalue weighted by Gasteiger charge is -2.32. The number of para-hydroxylation sites is 1. The van der Waals surface area contributed by atoms with Crippen molar-refractivity contribution in [3.63, 3.8) is 0 Å². The van der Waals surface area contributed by atoms with Crippen molar-refractivity contribution in [2.24, 2.45) is 5.92 Å². The standard InChI is InChI=1S/C26H26ClN5O/c27-21-7-5-18(6-8-21)25(24-16-28-11-12-29-24)31-26(33)19-9-13-32(14-10-19)17-20-15-30-23-4-2-1-3-22(20)23/h1-8,11-12,15-16,19,25,30H,9-10,13-14,17H2,(H,31,33). The molecule has 1 aliphatic heterocycles. The summed E-state index contributed by atoms with van der Waals surface area (Å²) in [6, 6.07) is 15.5. The number of benzene rings is 2. The Morgan fingerprint density at radius 2 is 1.91 bits per heavy atom. The third kappa shape index (κ3) is 4.92. The molecule has 0 saturated carbocycles. The smallest absolute Gasteiger partial charge is 0.224 e. The Labute approximate surface area is 198 Å². The number of likely N-dealkylation sites (tertiary alicyclic amines) is 1. The topological polar surface area (TPSA) is 73.9 Å². The Balaban J connectivity index is 1.23. The van der Waals surface area contributed by atoms with Crippen LogP contribution in [0.4, 0.5) is 0 Å². The predicted molar refractivity (Wildman–Crippen MR) is 130 cm³/mol.